The highest BCUT2D eigenvalue weighted by atomic mass is 32.2. The van der Waals surface area contributed by atoms with Gasteiger partial charge >= 0.3 is 0 Å². The first-order chi connectivity index (χ1) is 17.4. The van der Waals surface area contributed by atoms with E-state index in [1.54, 1.807) is 24.8 Å². The second-order valence-electron chi connectivity index (χ2n) is 9.18. The number of aromatic hydroxyl groups is 2. The molecule has 0 spiro atoms. The number of fused-ring (bicyclic) bond motifs is 1. The van der Waals surface area contributed by atoms with Gasteiger partial charge in [-0.15, -0.1) is 0 Å². The van der Waals surface area contributed by atoms with E-state index in [-0.39, 0.29) is 16.4 Å². The quantitative estimate of drug-likeness (QED) is 0.492. The van der Waals surface area contributed by atoms with E-state index in [0.717, 1.165) is 45.9 Å². The first kappa shape index (κ1) is 26.5. The van der Waals surface area contributed by atoms with Crippen molar-refractivity contribution in [2.45, 2.75) is 37.5 Å². The number of carbonyl (C=O) groups is 1. The number of sulfonamides is 1. The number of amides is 1. The smallest absolute Gasteiger partial charge is 0.275 e. The molecule has 1 amide bonds. The monoisotopic (exact) mass is 531 g/mol. The van der Waals surface area contributed by atoms with Crippen LogP contribution >= 0.6 is 0 Å². The summed E-state index contributed by atoms with van der Waals surface area (Å²) < 4.78 is 51.8. The Morgan fingerprint density at radius 3 is 2.35 bits per heavy atom. The van der Waals surface area contributed by atoms with Gasteiger partial charge < -0.3 is 15.1 Å². The predicted molar refractivity (Wildman–Crippen MR) is 134 cm³/mol. The molecule has 0 radical (unpaired) electrons. The summed E-state index contributed by atoms with van der Waals surface area (Å²) in [5.74, 6) is -2.73. The minimum atomic E-state index is -3.97. The highest BCUT2D eigenvalue weighted by Crippen LogP contribution is 2.34. The minimum Gasteiger partial charge on any atom is -0.508 e. The topological polar surface area (TPSA) is 111 Å². The van der Waals surface area contributed by atoms with Gasteiger partial charge in [0.2, 0.25) is 16.4 Å². The number of alkyl halides is 2. The number of carbonyl (C=O) groups excluding carboxylic acids is 1. The highest BCUT2D eigenvalue weighted by Gasteiger charge is 2.50. The van der Waals surface area contributed by atoms with Crippen LogP contribution < -0.4 is 4.90 Å². The Labute approximate surface area is 213 Å². The van der Waals surface area contributed by atoms with E-state index >= 15 is 0 Å². The summed E-state index contributed by atoms with van der Waals surface area (Å²) in [6, 6.07) is 11.6. The Balaban J connectivity index is 0.000000301. The SMILES string of the molecule is Cc1cc(S(=O)(=O)N2CC(F)(F)C2)cnc1-c1ccc2c(c1)CCCN2C=O.Cc1ccc(O)cc1O. The Morgan fingerprint density at radius 2 is 1.76 bits per heavy atom. The van der Waals surface area contributed by atoms with Crippen molar-refractivity contribution < 1.29 is 32.2 Å². The van der Waals surface area contributed by atoms with Gasteiger partial charge in [-0.3, -0.25) is 9.78 Å². The molecular weight excluding hydrogens is 504 g/mol. The second-order valence-corrected chi connectivity index (χ2v) is 11.1. The molecule has 5 rings (SSSR count). The summed E-state index contributed by atoms with van der Waals surface area (Å²) in [5.41, 5.74) is 4.77. The van der Waals surface area contributed by atoms with E-state index in [9.17, 15) is 22.0 Å². The lowest BCUT2D eigenvalue weighted by Crippen LogP contribution is -2.58. The number of hydrogen-bond acceptors (Lipinski definition) is 6. The number of phenols is 2. The van der Waals surface area contributed by atoms with Crippen LogP contribution in [0.25, 0.3) is 11.3 Å². The van der Waals surface area contributed by atoms with Crippen LogP contribution in [-0.2, 0) is 21.2 Å². The number of hydrogen-bond donors (Lipinski definition) is 2. The molecule has 2 aliphatic heterocycles. The summed E-state index contributed by atoms with van der Waals surface area (Å²) in [7, 11) is -3.97. The molecule has 0 bridgehead atoms. The fraction of sp³-hybridized carbons (Fsp3) is 0.308. The lowest BCUT2D eigenvalue weighted by atomic mass is 9.97. The third-order valence-electron chi connectivity index (χ3n) is 6.33. The van der Waals surface area contributed by atoms with Gasteiger partial charge in [0.1, 0.15) is 16.4 Å². The first-order valence-corrected chi connectivity index (χ1v) is 13.0. The van der Waals surface area contributed by atoms with Gasteiger partial charge in [0.15, 0.2) is 0 Å². The van der Waals surface area contributed by atoms with Crippen molar-refractivity contribution in [3.63, 3.8) is 0 Å². The van der Waals surface area contributed by atoms with Crippen LogP contribution in [0.15, 0.2) is 53.6 Å². The van der Waals surface area contributed by atoms with Crippen molar-refractivity contribution in [1.29, 1.82) is 0 Å². The maximum atomic E-state index is 13.0. The highest BCUT2D eigenvalue weighted by molar-refractivity contribution is 7.89. The zero-order chi connectivity index (χ0) is 27.0. The maximum absolute atomic E-state index is 13.0. The molecule has 196 valence electrons. The number of pyridine rings is 1. The number of rotatable bonds is 4. The molecule has 0 unspecified atom stereocenters. The van der Waals surface area contributed by atoms with E-state index in [0.29, 0.717) is 17.8 Å². The van der Waals surface area contributed by atoms with Crippen LogP contribution in [0.5, 0.6) is 11.5 Å². The van der Waals surface area contributed by atoms with Gasteiger partial charge in [-0.25, -0.2) is 17.2 Å². The molecular formula is C26H27F2N3O5S. The molecule has 0 atom stereocenters. The molecule has 11 heteroatoms. The van der Waals surface area contributed by atoms with Gasteiger partial charge in [-0.05, 0) is 67.6 Å². The van der Waals surface area contributed by atoms with Gasteiger partial charge in [0, 0.05) is 30.1 Å². The van der Waals surface area contributed by atoms with Crippen LogP contribution in [0, 0.1) is 13.8 Å². The molecule has 2 aromatic carbocycles. The van der Waals surface area contributed by atoms with Gasteiger partial charge in [0.25, 0.3) is 5.92 Å². The fourth-order valence-electron chi connectivity index (χ4n) is 4.26. The van der Waals surface area contributed by atoms with E-state index in [4.69, 9.17) is 10.2 Å². The normalized spacial score (nSPS) is 16.7. The largest absolute Gasteiger partial charge is 0.508 e. The van der Waals surface area contributed by atoms with Crippen LogP contribution in [0.1, 0.15) is 23.1 Å². The number of phenolic OH excluding ortho intramolecular Hbond substituents is 2. The van der Waals surface area contributed by atoms with E-state index in [2.05, 4.69) is 4.98 Å². The molecule has 3 heterocycles. The molecule has 0 saturated carbocycles. The lowest BCUT2D eigenvalue weighted by molar-refractivity contribution is -0.107. The van der Waals surface area contributed by atoms with Crippen LogP contribution in [0.2, 0.25) is 0 Å². The molecule has 2 aliphatic rings. The fourth-order valence-corrected chi connectivity index (χ4v) is 5.79. The lowest BCUT2D eigenvalue weighted by Gasteiger charge is -2.37. The van der Waals surface area contributed by atoms with E-state index in [1.807, 2.05) is 18.2 Å². The summed E-state index contributed by atoms with van der Waals surface area (Å²) in [6.45, 7) is 2.61. The van der Waals surface area contributed by atoms with Crippen molar-refractivity contribution in [3.05, 3.63) is 65.4 Å². The molecule has 0 aliphatic carbocycles. The zero-order valence-electron chi connectivity index (χ0n) is 20.4. The Hall–Kier alpha value is -3.57. The first-order valence-electron chi connectivity index (χ1n) is 11.6. The Kier molecular flexibility index (Phi) is 7.20. The standard InChI is InChI=1S/C19H19F2N3O3S.C7H8O2/c1-13-7-16(28(26,27)24-10-19(20,21)11-24)9-22-18(13)15-4-5-17-14(8-15)3-2-6-23(17)12-25;1-5-2-3-6(8)4-7(5)9/h4-5,7-9,12H,2-3,6,10-11H2,1H3;2-4,8-9H,1H3. The molecule has 1 aromatic heterocycles. The van der Waals surface area contributed by atoms with Crippen molar-refractivity contribution in [1.82, 2.24) is 9.29 Å². The Bertz CT molecular complexity index is 1440. The third-order valence-corrected chi connectivity index (χ3v) is 8.09. The van der Waals surface area contributed by atoms with Gasteiger partial charge in [-0.1, -0.05) is 12.1 Å². The zero-order valence-corrected chi connectivity index (χ0v) is 21.2. The average molecular weight is 532 g/mol. The number of aromatic nitrogens is 1. The number of anilines is 1. The number of halogens is 2. The van der Waals surface area contributed by atoms with Crippen molar-refractivity contribution in [2.24, 2.45) is 0 Å². The molecule has 2 N–H and O–H groups in total. The van der Waals surface area contributed by atoms with Crippen molar-refractivity contribution in [2.75, 3.05) is 24.5 Å². The van der Waals surface area contributed by atoms with Crippen LogP contribution in [0.4, 0.5) is 14.5 Å². The van der Waals surface area contributed by atoms with Crippen LogP contribution in [-0.4, -0.2) is 59.9 Å². The summed E-state index contributed by atoms with van der Waals surface area (Å²) in [4.78, 5) is 17.1. The maximum Gasteiger partial charge on any atom is 0.275 e. The van der Waals surface area contributed by atoms with Crippen LogP contribution in [0.3, 0.4) is 0 Å². The van der Waals surface area contributed by atoms with E-state index in [1.165, 1.54) is 24.4 Å². The molecule has 1 fully saturated rings. The number of benzene rings is 2. The number of aryl methyl sites for hydroxylation is 3. The summed E-state index contributed by atoms with van der Waals surface area (Å²) >= 11 is 0. The molecule has 1 saturated heterocycles. The minimum absolute atomic E-state index is 0.0886. The molecule has 3 aromatic rings. The summed E-state index contributed by atoms with van der Waals surface area (Å²) in [5, 5.41) is 17.7. The van der Waals surface area contributed by atoms with Gasteiger partial charge in [-0.2, -0.15) is 4.31 Å². The van der Waals surface area contributed by atoms with Crippen molar-refractivity contribution >= 4 is 22.1 Å². The van der Waals surface area contributed by atoms with Crippen molar-refractivity contribution in [3.8, 4) is 22.8 Å². The molecule has 8 nitrogen and oxygen atoms in total. The third kappa shape index (κ3) is 5.57. The summed E-state index contributed by atoms with van der Waals surface area (Å²) in [6.07, 6.45) is 3.76. The predicted octanol–water partition coefficient (Wildman–Crippen LogP) is 4.01. The molecule has 37 heavy (non-hydrogen) atoms. The van der Waals surface area contributed by atoms with E-state index < -0.39 is 29.0 Å². The van der Waals surface area contributed by atoms with Gasteiger partial charge in [0.05, 0.1) is 18.8 Å². The Morgan fingerprint density at radius 1 is 1.03 bits per heavy atom. The average Bonchev–Trinajstić information content (AvgIpc) is 2.84. The second kappa shape index (κ2) is 10.1. The number of nitrogens with zero attached hydrogens (tertiary/aromatic N) is 3.